The van der Waals surface area contributed by atoms with Crippen LogP contribution in [0.3, 0.4) is 0 Å². The van der Waals surface area contributed by atoms with Crippen molar-refractivity contribution in [1.29, 1.82) is 0 Å². The fraction of sp³-hybridized carbons (Fsp3) is 1.00. The minimum absolute atomic E-state index is 0.399. The van der Waals surface area contributed by atoms with Crippen LogP contribution < -0.4 is 11.1 Å². The first-order valence-corrected chi connectivity index (χ1v) is 7.27. The van der Waals surface area contributed by atoms with Gasteiger partial charge in [-0.2, -0.15) is 0 Å². The van der Waals surface area contributed by atoms with Crippen molar-refractivity contribution in [3.05, 3.63) is 0 Å². The van der Waals surface area contributed by atoms with Crippen LogP contribution in [0.2, 0.25) is 0 Å². The Balaban J connectivity index is 1.68. The van der Waals surface area contributed by atoms with Crippen molar-refractivity contribution in [3.8, 4) is 0 Å². The first-order chi connectivity index (χ1) is 7.75. The van der Waals surface area contributed by atoms with Crippen LogP contribution >= 0.6 is 0 Å². The normalized spacial score (nSPS) is 34.9. The van der Waals surface area contributed by atoms with Crippen molar-refractivity contribution < 1.29 is 0 Å². The van der Waals surface area contributed by atoms with Gasteiger partial charge in [0.25, 0.3) is 0 Å². The molecule has 1 atom stereocenters. The molecule has 16 heavy (non-hydrogen) atoms. The molecular formula is C14H28N2. The van der Waals surface area contributed by atoms with Crippen molar-refractivity contribution in [1.82, 2.24) is 5.32 Å². The third kappa shape index (κ3) is 3.46. The summed E-state index contributed by atoms with van der Waals surface area (Å²) in [5, 5.41) is 3.88. The van der Waals surface area contributed by atoms with Gasteiger partial charge in [0.15, 0.2) is 0 Å². The van der Waals surface area contributed by atoms with E-state index in [1.165, 1.54) is 57.8 Å². The molecule has 2 heteroatoms. The molecule has 0 amide bonds. The Labute approximate surface area is 100 Å². The zero-order valence-electron chi connectivity index (χ0n) is 10.8. The Morgan fingerprint density at radius 1 is 0.875 bits per heavy atom. The van der Waals surface area contributed by atoms with E-state index in [-0.39, 0.29) is 0 Å². The van der Waals surface area contributed by atoms with E-state index in [9.17, 15) is 0 Å². The maximum atomic E-state index is 5.98. The minimum Gasteiger partial charge on any atom is -0.328 e. The Morgan fingerprint density at radius 3 is 2.00 bits per heavy atom. The molecule has 0 aromatic heterocycles. The van der Waals surface area contributed by atoms with Crippen molar-refractivity contribution in [2.45, 2.75) is 82.8 Å². The van der Waals surface area contributed by atoms with Crippen molar-refractivity contribution in [2.24, 2.45) is 11.7 Å². The van der Waals surface area contributed by atoms with E-state index in [4.69, 9.17) is 5.73 Å². The fourth-order valence-corrected chi connectivity index (χ4v) is 3.41. The first kappa shape index (κ1) is 12.4. The third-order valence-electron chi connectivity index (χ3n) is 4.59. The lowest BCUT2D eigenvalue weighted by Crippen LogP contribution is -2.43. The van der Waals surface area contributed by atoms with Gasteiger partial charge in [-0.05, 0) is 51.4 Å². The van der Waals surface area contributed by atoms with Crippen LogP contribution in [0.5, 0.6) is 0 Å². The van der Waals surface area contributed by atoms with Gasteiger partial charge in [-0.25, -0.2) is 0 Å². The monoisotopic (exact) mass is 224 g/mol. The second kappa shape index (κ2) is 6.02. The smallest absolute Gasteiger partial charge is 0.00698 e. The van der Waals surface area contributed by atoms with Gasteiger partial charge >= 0.3 is 0 Å². The highest BCUT2D eigenvalue weighted by atomic mass is 15.0. The van der Waals surface area contributed by atoms with Crippen molar-refractivity contribution in [3.63, 3.8) is 0 Å². The molecule has 94 valence electrons. The highest BCUT2D eigenvalue weighted by Crippen LogP contribution is 2.27. The lowest BCUT2D eigenvalue weighted by molar-refractivity contribution is 0.236. The zero-order valence-corrected chi connectivity index (χ0v) is 10.8. The topological polar surface area (TPSA) is 38.0 Å². The van der Waals surface area contributed by atoms with E-state index in [1.807, 2.05) is 0 Å². The van der Waals surface area contributed by atoms with Gasteiger partial charge in [-0.15, -0.1) is 0 Å². The molecule has 3 N–H and O–H groups in total. The predicted molar refractivity (Wildman–Crippen MR) is 69.4 cm³/mol. The average Bonchev–Trinajstić information content (AvgIpc) is 2.31. The van der Waals surface area contributed by atoms with Gasteiger partial charge in [0.05, 0.1) is 0 Å². The van der Waals surface area contributed by atoms with Crippen LogP contribution in [-0.2, 0) is 0 Å². The Bertz CT molecular complexity index is 189. The Kier molecular flexibility index (Phi) is 4.66. The SMILES string of the molecule is CC(N)C1CCC(NC2CCCCC2)CC1. The molecule has 2 aliphatic rings. The first-order valence-electron chi connectivity index (χ1n) is 7.27. The maximum Gasteiger partial charge on any atom is 0.00698 e. The molecule has 2 saturated carbocycles. The fourth-order valence-electron chi connectivity index (χ4n) is 3.41. The number of nitrogens with two attached hydrogens (primary N) is 1. The van der Waals surface area contributed by atoms with Crippen LogP contribution in [0.1, 0.15) is 64.7 Å². The molecule has 2 aliphatic carbocycles. The molecule has 0 aromatic rings. The van der Waals surface area contributed by atoms with Gasteiger partial charge in [0.2, 0.25) is 0 Å². The molecule has 0 aromatic carbocycles. The molecule has 2 rings (SSSR count). The second-order valence-electron chi connectivity index (χ2n) is 5.97. The number of rotatable bonds is 3. The van der Waals surface area contributed by atoms with Crippen LogP contribution in [-0.4, -0.2) is 18.1 Å². The molecule has 0 spiro atoms. The molecule has 0 radical (unpaired) electrons. The summed E-state index contributed by atoms with van der Waals surface area (Å²) in [6.07, 6.45) is 12.5. The highest BCUT2D eigenvalue weighted by Gasteiger charge is 2.25. The van der Waals surface area contributed by atoms with Crippen LogP contribution in [0.15, 0.2) is 0 Å². The summed E-state index contributed by atoms with van der Waals surface area (Å²) in [5.74, 6) is 0.782. The zero-order chi connectivity index (χ0) is 11.4. The van der Waals surface area contributed by atoms with E-state index < -0.39 is 0 Å². The molecule has 0 heterocycles. The van der Waals surface area contributed by atoms with Crippen molar-refractivity contribution >= 4 is 0 Å². The van der Waals surface area contributed by atoms with E-state index in [0.717, 1.165) is 18.0 Å². The summed E-state index contributed by atoms with van der Waals surface area (Å²) >= 11 is 0. The van der Waals surface area contributed by atoms with Gasteiger partial charge in [-0.1, -0.05) is 19.3 Å². The van der Waals surface area contributed by atoms with Gasteiger partial charge in [0.1, 0.15) is 0 Å². The Hall–Kier alpha value is -0.0800. The summed E-state index contributed by atoms with van der Waals surface area (Å²) < 4.78 is 0. The Morgan fingerprint density at radius 2 is 1.44 bits per heavy atom. The van der Waals surface area contributed by atoms with E-state index in [1.54, 1.807) is 0 Å². The number of nitrogens with one attached hydrogen (secondary N) is 1. The van der Waals surface area contributed by atoms with E-state index >= 15 is 0 Å². The number of hydrogen-bond acceptors (Lipinski definition) is 2. The molecule has 2 nitrogen and oxygen atoms in total. The van der Waals surface area contributed by atoms with Gasteiger partial charge < -0.3 is 11.1 Å². The van der Waals surface area contributed by atoms with E-state index in [2.05, 4.69) is 12.2 Å². The number of hydrogen-bond donors (Lipinski definition) is 2. The standard InChI is InChI=1S/C14H28N2/c1-11(15)12-7-9-14(10-8-12)16-13-5-3-2-4-6-13/h11-14,16H,2-10,15H2,1H3. The molecular weight excluding hydrogens is 196 g/mol. The quantitative estimate of drug-likeness (QED) is 0.773. The summed E-state index contributed by atoms with van der Waals surface area (Å²) in [7, 11) is 0. The summed E-state index contributed by atoms with van der Waals surface area (Å²) in [5.41, 5.74) is 5.98. The maximum absolute atomic E-state index is 5.98. The highest BCUT2D eigenvalue weighted by molar-refractivity contribution is 4.84. The lowest BCUT2D eigenvalue weighted by atomic mass is 9.81. The largest absolute Gasteiger partial charge is 0.328 e. The lowest BCUT2D eigenvalue weighted by Gasteiger charge is -2.34. The summed E-state index contributed by atoms with van der Waals surface area (Å²) in [4.78, 5) is 0. The van der Waals surface area contributed by atoms with Crippen molar-refractivity contribution in [2.75, 3.05) is 0 Å². The minimum atomic E-state index is 0.399. The summed E-state index contributed by atoms with van der Waals surface area (Å²) in [6.45, 7) is 2.17. The van der Waals surface area contributed by atoms with Crippen LogP contribution in [0.4, 0.5) is 0 Å². The second-order valence-corrected chi connectivity index (χ2v) is 5.97. The molecule has 0 saturated heterocycles. The molecule has 0 bridgehead atoms. The molecule has 2 fully saturated rings. The van der Waals surface area contributed by atoms with Crippen LogP contribution in [0, 0.1) is 5.92 Å². The third-order valence-corrected chi connectivity index (χ3v) is 4.59. The molecule has 0 aliphatic heterocycles. The van der Waals surface area contributed by atoms with Gasteiger partial charge in [-0.3, -0.25) is 0 Å². The molecule has 1 unspecified atom stereocenters. The van der Waals surface area contributed by atoms with Crippen LogP contribution in [0.25, 0.3) is 0 Å². The van der Waals surface area contributed by atoms with E-state index in [0.29, 0.717) is 6.04 Å². The van der Waals surface area contributed by atoms with Gasteiger partial charge in [0, 0.05) is 18.1 Å². The summed E-state index contributed by atoms with van der Waals surface area (Å²) in [6, 6.07) is 2.01. The predicted octanol–water partition coefficient (Wildman–Crippen LogP) is 2.81. The average molecular weight is 224 g/mol.